The minimum atomic E-state index is -0.151. The molecule has 0 aliphatic carbocycles. The van der Waals surface area contributed by atoms with E-state index in [2.05, 4.69) is 5.32 Å². The highest BCUT2D eigenvalue weighted by molar-refractivity contribution is 5.78. The lowest BCUT2D eigenvalue weighted by molar-refractivity contribution is -0.170. The molecule has 4 nitrogen and oxygen atoms in total. The highest BCUT2D eigenvalue weighted by Crippen LogP contribution is 2.18. The molecule has 2 unspecified atom stereocenters. The van der Waals surface area contributed by atoms with E-state index < -0.39 is 0 Å². The molecule has 4 heteroatoms. The van der Waals surface area contributed by atoms with Crippen LogP contribution in [0.5, 0.6) is 0 Å². The van der Waals surface area contributed by atoms with Crippen LogP contribution >= 0.6 is 0 Å². The van der Waals surface area contributed by atoms with Crippen LogP contribution in [0.15, 0.2) is 0 Å². The van der Waals surface area contributed by atoms with Crippen molar-refractivity contribution in [2.75, 3.05) is 13.1 Å². The Hall–Kier alpha value is -0.610. The molecule has 0 aromatic heterocycles. The molecule has 0 bridgehead atoms. The van der Waals surface area contributed by atoms with Crippen LogP contribution in [0.25, 0.3) is 0 Å². The van der Waals surface area contributed by atoms with Gasteiger partial charge in [-0.25, -0.2) is 5.06 Å². The standard InChI is InChI=1S/C9H18N2O2/c1-3-11(13)9(12)8-5-4-6-10-7(8)2/h7-8,10,13H,3-6H2,1-2H3. The molecule has 1 aliphatic rings. The predicted molar refractivity (Wildman–Crippen MR) is 49.4 cm³/mol. The highest BCUT2D eigenvalue weighted by Gasteiger charge is 2.29. The molecule has 2 atom stereocenters. The van der Waals surface area contributed by atoms with Gasteiger partial charge in [-0.2, -0.15) is 0 Å². The largest absolute Gasteiger partial charge is 0.313 e. The van der Waals surface area contributed by atoms with Gasteiger partial charge in [0.05, 0.1) is 5.92 Å². The molecular formula is C9H18N2O2. The van der Waals surface area contributed by atoms with E-state index in [-0.39, 0.29) is 17.9 Å². The molecule has 13 heavy (non-hydrogen) atoms. The molecule has 0 radical (unpaired) electrons. The summed E-state index contributed by atoms with van der Waals surface area (Å²) in [5, 5.41) is 13.3. The van der Waals surface area contributed by atoms with Crippen LogP contribution in [0.1, 0.15) is 26.7 Å². The number of nitrogens with zero attached hydrogens (tertiary/aromatic N) is 1. The zero-order chi connectivity index (χ0) is 9.84. The Labute approximate surface area is 78.9 Å². The van der Waals surface area contributed by atoms with Crippen LogP contribution < -0.4 is 5.32 Å². The summed E-state index contributed by atoms with van der Waals surface area (Å²) in [6.07, 6.45) is 1.89. The molecule has 1 fully saturated rings. The van der Waals surface area contributed by atoms with Crippen molar-refractivity contribution in [1.82, 2.24) is 10.4 Å². The third-order valence-corrected chi connectivity index (χ3v) is 2.63. The Morgan fingerprint density at radius 1 is 1.69 bits per heavy atom. The van der Waals surface area contributed by atoms with E-state index >= 15 is 0 Å². The molecule has 1 amide bonds. The lowest BCUT2D eigenvalue weighted by Gasteiger charge is -2.30. The number of amides is 1. The number of carbonyl (C=O) groups is 1. The molecule has 1 saturated heterocycles. The van der Waals surface area contributed by atoms with Crippen LogP contribution in [0.4, 0.5) is 0 Å². The number of rotatable bonds is 2. The zero-order valence-electron chi connectivity index (χ0n) is 8.29. The van der Waals surface area contributed by atoms with E-state index in [1.54, 1.807) is 6.92 Å². The third-order valence-electron chi connectivity index (χ3n) is 2.63. The van der Waals surface area contributed by atoms with E-state index in [4.69, 9.17) is 0 Å². The second-order valence-corrected chi connectivity index (χ2v) is 3.55. The number of nitrogens with one attached hydrogen (secondary N) is 1. The molecule has 0 spiro atoms. The van der Waals surface area contributed by atoms with Crippen molar-refractivity contribution >= 4 is 5.91 Å². The fraction of sp³-hybridized carbons (Fsp3) is 0.889. The Bertz CT molecular complexity index is 184. The fourth-order valence-corrected chi connectivity index (χ4v) is 1.73. The first kappa shape index (κ1) is 10.5. The van der Waals surface area contributed by atoms with Gasteiger partial charge in [0.15, 0.2) is 0 Å². The van der Waals surface area contributed by atoms with E-state index in [0.717, 1.165) is 24.4 Å². The van der Waals surface area contributed by atoms with Crippen LogP contribution in [-0.2, 0) is 4.79 Å². The highest BCUT2D eigenvalue weighted by atomic mass is 16.5. The summed E-state index contributed by atoms with van der Waals surface area (Å²) in [7, 11) is 0. The summed E-state index contributed by atoms with van der Waals surface area (Å²) < 4.78 is 0. The van der Waals surface area contributed by atoms with Crippen molar-refractivity contribution in [2.24, 2.45) is 5.92 Å². The predicted octanol–water partition coefficient (Wildman–Crippen LogP) is 0.612. The molecule has 1 heterocycles. The summed E-state index contributed by atoms with van der Waals surface area (Å²) in [6.45, 7) is 5.09. The van der Waals surface area contributed by atoms with Gasteiger partial charge < -0.3 is 5.32 Å². The van der Waals surface area contributed by atoms with E-state index in [1.165, 1.54) is 0 Å². The van der Waals surface area contributed by atoms with Gasteiger partial charge in [-0.15, -0.1) is 0 Å². The minimum absolute atomic E-state index is 0.0568. The summed E-state index contributed by atoms with van der Waals surface area (Å²) in [5.41, 5.74) is 0. The summed E-state index contributed by atoms with van der Waals surface area (Å²) >= 11 is 0. The Balaban J connectivity index is 2.53. The average Bonchev–Trinajstić information content (AvgIpc) is 2.16. The zero-order valence-corrected chi connectivity index (χ0v) is 8.29. The van der Waals surface area contributed by atoms with Gasteiger partial charge in [0.25, 0.3) is 5.91 Å². The van der Waals surface area contributed by atoms with E-state index in [9.17, 15) is 10.0 Å². The van der Waals surface area contributed by atoms with Crippen molar-refractivity contribution in [3.05, 3.63) is 0 Å². The van der Waals surface area contributed by atoms with Crippen LogP contribution in [0, 0.1) is 5.92 Å². The maximum absolute atomic E-state index is 11.6. The number of hydroxylamine groups is 2. The fourth-order valence-electron chi connectivity index (χ4n) is 1.73. The van der Waals surface area contributed by atoms with E-state index in [0.29, 0.717) is 6.54 Å². The minimum Gasteiger partial charge on any atom is -0.313 e. The molecule has 2 N–H and O–H groups in total. The van der Waals surface area contributed by atoms with E-state index in [1.807, 2.05) is 6.92 Å². The van der Waals surface area contributed by atoms with Gasteiger partial charge in [-0.3, -0.25) is 10.0 Å². The number of hydrogen-bond donors (Lipinski definition) is 2. The number of piperidine rings is 1. The number of hydrogen-bond acceptors (Lipinski definition) is 3. The smallest absolute Gasteiger partial charge is 0.250 e. The lowest BCUT2D eigenvalue weighted by atomic mass is 9.91. The van der Waals surface area contributed by atoms with Gasteiger partial charge >= 0.3 is 0 Å². The van der Waals surface area contributed by atoms with Crippen molar-refractivity contribution in [1.29, 1.82) is 0 Å². The summed E-state index contributed by atoms with van der Waals surface area (Å²) in [4.78, 5) is 11.6. The molecule has 76 valence electrons. The van der Waals surface area contributed by atoms with Gasteiger partial charge in [-0.1, -0.05) is 0 Å². The topological polar surface area (TPSA) is 52.6 Å². The first-order valence-electron chi connectivity index (χ1n) is 4.90. The van der Waals surface area contributed by atoms with Gasteiger partial charge in [-0.05, 0) is 33.2 Å². The quantitative estimate of drug-likeness (QED) is 0.491. The normalized spacial score (nSPS) is 28.5. The van der Waals surface area contributed by atoms with Crippen molar-refractivity contribution in [3.63, 3.8) is 0 Å². The average molecular weight is 186 g/mol. The maximum Gasteiger partial charge on any atom is 0.250 e. The Kier molecular flexibility index (Phi) is 3.69. The van der Waals surface area contributed by atoms with Gasteiger partial charge in [0, 0.05) is 12.6 Å². The van der Waals surface area contributed by atoms with Crippen LogP contribution in [0.2, 0.25) is 0 Å². The van der Waals surface area contributed by atoms with Crippen LogP contribution in [0.3, 0.4) is 0 Å². The second kappa shape index (κ2) is 4.58. The molecule has 0 aromatic carbocycles. The maximum atomic E-state index is 11.6. The Morgan fingerprint density at radius 2 is 2.38 bits per heavy atom. The first-order valence-corrected chi connectivity index (χ1v) is 4.90. The number of carbonyl (C=O) groups excluding carboxylic acids is 1. The van der Waals surface area contributed by atoms with Gasteiger partial charge in [0.1, 0.15) is 0 Å². The SMILES string of the molecule is CCN(O)C(=O)C1CCCNC1C. The van der Waals surface area contributed by atoms with Gasteiger partial charge in [0.2, 0.25) is 0 Å². The first-order chi connectivity index (χ1) is 6.16. The van der Waals surface area contributed by atoms with Crippen LogP contribution in [-0.4, -0.2) is 35.3 Å². The van der Waals surface area contributed by atoms with Crippen molar-refractivity contribution in [3.8, 4) is 0 Å². The molecular weight excluding hydrogens is 168 g/mol. The molecule has 0 aromatic rings. The summed E-state index contributed by atoms with van der Waals surface area (Å²) in [6, 6.07) is 0.183. The molecule has 1 aliphatic heterocycles. The third kappa shape index (κ3) is 2.42. The summed E-state index contributed by atoms with van der Waals surface area (Å²) in [5.74, 6) is -0.208. The van der Waals surface area contributed by atoms with Crippen molar-refractivity contribution in [2.45, 2.75) is 32.7 Å². The lowest BCUT2D eigenvalue weighted by Crippen LogP contribution is -2.47. The molecule has 1 rings (SSSR count). The molecule has 0 saturated carbocycles. The second-order valence-electron chi connectivity index (χ2n) is 3.55. The van der Waals surface area contributed by atoms with Crippen molar-refractivity contribution < 1.29 is 10.0 Å². The Morgan fingerprint density at radius 3 is 2.92 bits per heavy atom. The monoisotopic (exact) mass is 186 g/mol.